The second kappa shape index (κ2) is 12.2. The molecule has 0 bridgehead atoms. The largest absolute Gasteiger partial charge is 0.379 e. The Bertz CT molecular complexity index is 810. The Morgan fingerprint density at radius 1 is 0.844 bits per heavy atom. The molecule has 0 atom stereocenters. The number of carbonyl (C=O) groups excluding carboxylic acids is 2. The van der Waals surface area contributed by atoms with E-state index < -0.39 is 0 Å². The van der Waals surface area contributed by atoms with E-state index in [1.807, 2.05) is 0 Å². The highest BCUT2D eigenvalue weighted by Crippen LogP contribution is 2.10. The third kappa shape index (κ3) is 8.33. The Kier molecular flexibility index (Phi) is 9.09. The first kappa shape index (κ1) is 23.8. The average Bonchev–Trinajstić information content (AvgIpc) is 2.77. The number of hydrogen-bond acceptors (Lipinski definition) is 5. The first-order chi connectivity index (χ1) is 15.5. The lowest BCUT2D eigenvalue weighted by Crippen LogP contribution is -2.41. The summed E-state index contributed by atoms with van der Waals surface area (Å²) in [4.78, 5) is 29.1. The molecule has 32 heavy (non-hydrogen) atoms. The number of carbonyl (C=O) groups is 2. The first-order valence-electron chi connectivity index (χ1n) is 10.6. The summed E-state index contributed by atoms with van der Waals surface area (Å²) in [6.45, 7) is 4.58. The zero-order valence-corrected chi connectivity index (χ0v) is 17.9. The number of amides is 2. The van der Waals surface area contributed by atoms with Crippen LogP contribution in [-0.4, -0.2) is 74.1 Å². The van der Waals surface area contributed by atoms with Gasteiger partial charge in [0.05, 0.1) is 26.3 Å². The van der Waals surface area contributed by atoms with Gasteiger partial charge in [-0.05, 0) is 61.5 Å². The molecular weight excluding hydrogens is 418 g/mol. The van der Waals surface area contributed by atoms with E-state index in [1.165, 1.54) is 48.5 Å². The number of nitrogens with zero attached hydrogens (tertiary/aromatic N) is 2. The highest BCUT2D eigenvalue weighted by atomic mass is 19.1. The van der Waals surface area contributed by atoms with Crippen molar-refractivity contribution in [2.24, 2.45) is 0 Å². The van der Waals surface area contributed by atoms with Crippen molar-refractivity contribution in [2.75, 3.05) is 63.1 Å². The van der Waals surface area contributed by atoms with E-state index in [9.17, 15) is 18.4 Å². The zero-order valence-electron chi connectivity index (χ0n) is 17.9. The van der Waals surface area contributed by atoms with Gasteiger partial charge in [0.15, 0.2) is 0 Å². The maximum atomic E-state index is 13.1. The second-order valence-corrected chi connectivity index (χ2v) is 7.63. The molecule has 2 N–H and O–H groups in total. The molecule has 0 radical (unpaired) electrons. The molecule has 7 nitrogen and oxygen atoms in total. The molecule has 3 rings (SSSR count). The summed E-state index contributed by atoms with van der Waals surface area (Å²) in [6.07, 6.45) is 0.785. The van der Waals surface area contributed by atoms with E-state index in [4.69, 9.17) is 4.74 Å². The molecule has 0 spiro atoms. The molecular formula is C23H28F2N4O3. The van der Waals surface area contributed by atoms with Crippen molar-refractivity contribution in [3.05, 3.63) is 60.2 Å². The minimum Gasteiger partial charge on any atom is -0.379 e. The van der Waals surface area contributed by atoms with Crippen LogP contribution < -0.4 is 10.6 Å². The monoisotopic (exact) mass is 446 g/mol. The number of anilines is 2. The van der Waals surface area contributed by atoms with E-state index in [0.717, 1.165) is 26.1 Å². The van der Waals surface area contributed by atoms with Crippen LogP contribution in [0.5, 0.6) is 0 Å². The zero-order chi connectivity index (χ0) is 22.8. The minimum absolute atomic E-state index is 0.0112. The normalized spacial score (nSPS) is 14.3. The van der Waals surface area contributed by atoms with Crippen molar-refractivity contribution in [2.45, 2.75) is 6.42 Å². The quantitative estimate of drug-likeness (QED) is 0.587. The van der Waals surface area contributed by atoms with Gasteiger partial charge in [0.25, 0.3) is 0 Å². The van der Waals surface area contributed by atoms with Gasteiger partial charge >= 0.3 is 0 Å². The van der Waals surface area contributed by atoms with Crippen LogP contribution in [0.4, 0.5) is 20.2 Å². The van der Waals surface area contributed by atoms with Crippen molar-refractivity contribution in [3.8, 4) is 0 Å². The predicted molar refractivity (Wildman–Crippen MR) is 118 cm³/mol. The van der Waals surface area contributed by atoms with Gasteiger partial charge in [0.2, 0.25) is 11.8 Å². The van der Waals surface area contributed by atoms with Crippen molar-refractivity contribution in [3.63, 3.8) is 0 Å². The number of hydrogen-bond donors (Lipinski definition) is 2. The maximum absolute atomic E-state index is 13.1. The van der Waals surface area contributed by atoms with Crippen LogP contribution in [0.2, 0.25) is 0 Å². The minimum atomic E-state index is -0.384. The standard InChI is InChI=1S/C23H28F2N4O3/c24-18-2-6-20(7-3-18)26-22(30)16-29(11-1-10-28-12-14-32-15-13-28)17-23(31)27-21-8-4-19(25)5-9-21/h2-9H,1,10-17H2,(H,26,30)(H,27,31). The Morgan fingerprint density at radius 2 is 1.31 bits per heavy atom. The molecule has 9 heteroatoms. The third-order valence-electron chi connectivity index (χ3n) is 5.04. The molecule has 1 aliphatic rings. The number of rotatable bonds is 10. The van der Waals surface area contributed by atoms with Crippen LogP contribution in [0.1, 0.15) is 6.42 Å². The topological polar surface area (TPSA) is 73.9 Å². The lowest BCUT2D eigenvalue weighted by molar-refractivity contribution is -0.120. The van der Waals surface area contributed by atoms with Gasteiger partial charge in [-0.3, -0.25) is 19.4 Å². The van der Waals surface area contributed by atoms with Crippen LogP contribution in [0.25, 0.3) is 0 Å². The van der Waals surface area contributed by atoms with Crippen molar-refractivity contribution >= 4 is 23.2 Å². The fraction of sp³-hybridized carbons (Fsp3) is 0.391. The highest BCUT2D eigenvalue weighted by molar-refractivity contribution is 5.94. The average molecular weight is 446 g/mol. The molecule has 2 amide bonds. The SMILES string of the molecule is O=C(CN(CCCN1CCOCC1)CC(=O)Nc1ccc(F)cc1)Nc1ccc(F)cc1. The van der Waals surface area contributed by atoms with E-state index >= 15 is 0 Å². The summed E-state index contributed by atoms with van der Waals surface area (Å²) in [5.41, 5.74) is 0.973. The summed E-state index contributed by atoms with van der Waals surface area (Å²) in [5.74, 6) is -1.36. The third-order valence-corrected chi connectivity index (χ3v) is 5.04. The highest BCUT2D eigenvalue weighted by Gasteiger charge is 2.17. The first-order valence-corrected chi connectivity index (χ1v) is 10.6. The van der Waals surface area contributed by atoms with Crippen LogP contribution in [0, 0.1) is 11.6 Å². The fourth-order valence-electron chi connectivity index (χ4n) is 3.43. The van der Waals surface area contributed by atoms with Gasteiger partial charge in [0, 0.05) is 31.0 Å². The molecule has 1 saturated heterocycles. The molecule has 172 valence electrons. The fourth-order valence-corrected chi connectivity index (χ4v) is 3.43. The molecule has 1 aliphatic heterocycles. The number of ether oxygens (including phenoxy) is 1. The molecule has 0 aliphatic carbocycles. The smallest absolute Gasteiger partial charge is 0.238 e. The van der Waals surface area contributed by atoms with Gasteiger partial charge in [-0.25, -0.2) is 8.78 Å². The molecule has 0 saturated carbocycles. The summed E-state index contributed by atoms with van der Waals surface area (Å²) in [6, 6.07) is 11.0. The Morgan fingerprint density at radius 3 is 1.78 bits per heavy atom. The number of halogens is 2. The van der Waals surface area contributed by atoms with Crippen LogP contribution >= 0.6 is 0 Å². The van der Waals surface area contributed by atoms with Crippen LogP contribution in [-0.2, 0) is 14.3 Å². The van der Waals surface area contributed by atoms with Gasteiger partial charge in [0.1, 0.15) is 11.6 Å². The number of nitrogens with one attached hydrogen (secondary N) is 2. The summed E-state index contributed by atoms with van der Waals surface area (Å²) >= 11 is 0. The van der Waals surface area contributed by atoms with E-state index in [1.54, 1.807) is 4.90 Å². The molecule has 0 aromatic heterocycles. The van der Waals surface area contributed by atoms with Crippen molar-refractivity contribution < 1.29 is 23.1 Å². The van der Waals surface area contributed by atoms with Gasteiger partial charge in [-0.1, -0.05) is 0 Å². The van der Waals surface area contributed by atoms with E-state index in [-0.39, 0.29) is 36.5 Å². The number of benzene rings is 2. The predicted octanol–water partition coefficient (Wildman–Crippen LogP) is 2.57. The summed E-state index contributed by atoms with van der Waals surface area (Å²) in [7, 11) is 0. The maximum Gasteiger partial charge on any atom is 0.238 e. The number of morpholine rings is 1. The lowest BCUT2D eigenvalue weighted by atomic mass is 10.3. The lowest BCUT2D eigenvalue weighted by Gasteiger charge is -2.28. The Hall–Kier alpha value is -2.88. The van der Waals surface area contributed by atoms with E-state index in [2.05, 4.69) is 15.5 Å². The van der Waals surface area contributed by atoms with Crippen LogP contribution in [0.3, 0.4) is 0 Å². The Balaban J connectivity index is 1.54. The molecule has 1 heterocycles. The Labute approximate surface area is 186 Å². The molecule has 2 aromatic rings. The molecule has 0 unspecified atom stereocenters. The van der Waals surface area contributed by atoms with Crippen molar-refractivity contribution in [1.82, 2.24) is 9.80 Å². The van der Waals surface area contributed by atoms with E-state index in [0.29, 0.717) is 31.1 Å². The summed E-state index contributed by atoms with van der Waals surface area (Å²) in [5, 5.41) is 5.44. The van der Waals surface area contributed by atoms with Crippen molar-refractivity contribution in [1.29, 1.82) is 0 Å². The second-order valence-electron chi connectivity index (χ2n) is 7.63. The summed E-state index contributed by atoms with van der Waals surface area (Å²) < 4.78 is 31.5. The van der Waals surface area contributed by atoms with Gasteiger partial charge in [-0.2, -0.15) is 0 Å². The van der Waals surface area contributed by atoms with Crippen LogP contribution in [0.15, 0.2) is 48.5 Å². The molecule has 1 fully saturated rings. The molecule has 2 aromatic carbocycles. The van der Waals surface area contributed by atoms with Gasteiger partial charge < -0.3 is 15.4 Å². The van der Waals surface area contributed by atoms with Gasteiger partial charge in [-0.15, -0.1) is 0 Å².